The van der Waals surface area contributed by atoms with Gasteiger partial charge in [0, 0.05) is 76.4 Å². The first kappa shape index (κ1) is 40.8. The maximum absolute atomic E-state index is 5.97. The Morgan fingerprint density at radius 1 is 0.269 bits per heavy atom. The summed E-state index contributed by atoms with van der Waals surface area (Å²) in [6.45, 7) is 0. The van der Waals surface area contributed by atoms with Crippen LogP contribution in [-0.2, 0) is 0 Å². The van der Waals surface area contributed by atoms with Gasteiger partial charge in [-0.05, 0) is 105 Å². The molecule has 0 bridgehead atoms. The van der Waals surface area contributed by atoms with E-state index in [4.69, 9.17) is 9.97 Å². The lowest BCUT2D eigenvalue weighted by Gasteiger charge is -2.12. The number of hydrogen-bond acceptors (Lipinski definition) is 2. The third-order valence-electron chi connectivity index (χ3n) is 17.3. The summed E-state index contributed by atoms with van der Waals surface area (Å²) in [5.41, 5.74) is 19.8. The Hall–Kier alpha value is -10.6. The molecule has 0 fully saturated rings. The lowest BCUT2D eigenvalue weighted by molar-refractivity contribution is 1.18. The van der Waals surface area contributed by atoms with Gasteiger partial charge in [-0.3, -0.25) is 8.80 Å². The SMILES string of the molecule is c1ccc(-n2c3ccccc3c3cc(-c4cccc5c6cccc7c8nc9c(nc8n(c45)c67)c4c5ccccc5cc5c6cc7ccccc7c(-c7ccc8c(c7)c7ccccc7n8-c7ccccc7)c6n9c54)ccc32)cc1. The molecule has 0 atom stereocenters. The molecule has 0 unspecified atom stereocenters. The molecule has 7 aromatic heterocycles. The van der Waals surface area contributed by atoms with Crippen LogP contribution in [0.1, 0.15) is 0 Å². The average molecular weight is 989 g/mol. The monoisotopic (exact) mass is 988 g/mol. The number of fused-ring (bicyclic) bond motifs is 21. The quantitative estimate of drug-likeness (QED) is 0.176. The molecule has 7 heterocycles. The molecule has 0 spiro atoms. The maximum atomic E-state index is 5.97. The molecule has 0 saturated heterocycles. The van der Waals surface area contributed by atoms with E-state index in [1.54, 1.807) is 0 Å². The molecule has 19 aromatic rings. The maximum Gasteiger partial charge on any atom is 0.165 e. The van der Waals surface area contributed by atoms with Crippen LogP contribution in [0, 0.1) is 0 Å². The summed E-state index contributed by atoms with van der Waals surface area (Å²) in [7, 11) is 0. The molecule has 12 aromatic carbocycles. The van der Waals surface area contributed by atoms with E-state index in [2.05, 4.69) is 261 Å². The molecule has 0 radical (unpaired) electrons. The summed E-state index contributed by atoms with van der Waals surface area (Å²) in [6.07, 6.45) is 0. The van der Waals surface area contributed by atoms with E-state index in [0.717, 1.165) is 83.2 Å². The van der Waals surface area contributed by atoms with E-state index in [9.17, 15) is 0 Å². The van der Waals surface area contributed by atoms with Gasteiger partial charge in [-0.2, -0.15) is 0 Å². The molecule has 0 N–H and O–H groups in total. The normalized spacial score (nSPS) is 12.6. The van der Waals surface area contributed by atoms with E-state index in [1.807, 2.05) is 0 Å². The highest BCUT2D eigenvalue weighted by Gasteiger charge is 2.29. The summed E-state index contributed by atoms with van der Waals surface area (Å²) in [4.78, 5) is 11.9. The Balaban J connectivity index is 0.932. The Morgan fingerprint density at radius 2 is 0.744 bits per heavy atom. The molecule has 78 heavy (non-hydrogen) atoms. The van der Waals surface area contributed by atoms with Gasteiger partial charge in [0.05, 0.1) is 44.1 Å². The predicted octanol–water partition coefficient (Wildman–Crippen LogP) is 18.6. The number of nitrogens with zero attached hydrogens (tertiary/aromatic N) is 6. The molecule has 6 nitrogen and oxygen atoms in total. The minimum Gasteiger partial charge on any atom is -0.309 e. The van der Waals surface area contributed by atoms with Crippen LogP contribution >= 0.6 is 0 Å². The van der Waals surface area contributed by atoms with E-state index in [-0.39, 0.29) is 0 Å². The Bertz CT molecular complexity index is 5800. The molecule has 0 saturated carbocycles. The largest absolute Gasteiger partial charge is 0.309 e. The first-order valence-electron chi connectivity index (χ1n) is 26.8. The second kappa shape index (κ2) is 14.6. The third kappa shape index (κ3) is 5.07. The Morgan fingerprint density at radius 3 is 1.44 bits per heavy atom. The van der Waals surface area contributed by atoms with E-state index in [1.165, 1.54) is 92.3 Å². The molecule has 0 aliphatic heterocycles. The minimum atomic E-state index is 0.867. The summed E-state index contributed by atoms with van der Waals surface area (Å²) < 4.78 is 9.70. The van der Waals surface area contributed by atoms with Crippen LogP contribution in [0.5, 0.6) is 0 Å². The Kier molecular flexibility index (Phi) is 7.65. The summed E-state index contributed by atoms with van der Waals surface area (Å²) in [5.74, 6) is 0. The van der Waals surface area contributed by atoms with E-state index >= 15 is 0 Å². The van der Waals surface area contributed by atoms with Crippen LogP contribution in [0.2, 0.25) is 0 Å². The number of benzene rings is 12. The fourth-order valence-corrected chi connectivity index (χ4v) is 14.2. The second-order valence-corrected chi connectivity index (χ2v) is 21.2. The van der Waals surface area contributed by atoms with Crippen molar-refractivity contribution in [2.45, 2.75) is 0 Å². The van der Waals surface area contributed by atoms with Gasteiger partial charge < -0.3 is 9.13 Å². The van der Waals surface area contributed by atoms with Crippen LogP contribution in [0.25, 0.3) is 175 Å². The molecule has 0 aliphatic carbocycles. The molecule has 358 valence electrons. The van der Waals surface area contributed by atoms with Crippen LogP contribution in [0.4, 0.5) is 0 Å². The summed E-state index contributed by atoms with van der Waals surface area (Å²) in [5, 5.41) is 16.7. The van der Waals surface area contributed by atoms with Gasteiger partial charge >= 0.3 is 0 Å². The zero-order valence-corrected chi connectivity index (χ0v) is 41.8. The summed E-state index contributed by atoms with van der Waals surface area (Å²) >= 11 is 0. The van der Waals surface area contributed by atoms with Gasteiger partial charge in [-0.1, -0.05) is 170 Å². The predicted molar refractivity (Wildman–Crippen MR) is 326 cm³/mol. The lowest BCUT2D eigenvalue weighted by Crippen LogP contribution is -1.94. The number of hydrogen-bond donors (Lipinski definition) is 0. The number of aromatic nitrogens is 6. The second-order valence-electron chi connectivity index (χ2n) is 21.2. The zero-order valence-electron chi connectivity index (χ0n) is 41.8. The molecular weight excluding hydrogens is 949 g/mol. The van der Waals surface area contributed by atoms with Crippen molar-refractivity contribution in [2.24, 2.45) is 0 Å². The third-order valence-corrected chi connectivity index (χ3v) is 17.3. The van der Waals surface area contributed by atoms with E-state index in [0.29, 0.717) is 0 Å². The highest BCUT2D eigenvalue weighted by Crippen LogP contribution is 2.50. The highest BCUT2D eigenvalue weighted by atomic mass is 15.1. The number of rotatable bonds is 4. The van der Waals surface area contributed by atoms with Crippen molar-refractivity contribution in [1.82, 2.24) is 27.9 Å². The topological polar surface area (TPSA) is 44.5 Å². The summed E-state index contributed by atoms with van der Waals surface area (Å²) in [6, 6.07) is 89.2. The van der Waals surface area contributed by atoms with Gasteiger partial charge in [-0.25, -0.2) is 9.97 Å². The molecule has 6 heteroatoms. The first-order chi connectivity index (χ1) is 38.7. The standard InChI is InChI=1S/C72H40N6/c1-3-19-45(20-4-1)75-59-31-13-11-25-50(59)55-37-43(33-35-61(55)75)49-27-15-28-52-53-29-16-30-54-65-71(77(67(49)52)68(53)54)74-66-64-48-24-10-8-18-42(48)39-58-57-38-41-17-7-9-23-47(41)63(69(57)78(70(58)64)72(66)73-65)44-34-36-62-56(40-44)51-26-12-14-32-60(51)76(62)46-21-5-2-6-22-46/h1-40H. The molecule has 19 rings (SSSR count). The van der Waals surface area contributed by atoms with Crippen molar-refractivity contribution in [2.75, 3.05) is 0 Å². The van der Waals surface area contributed by atoms with Gasteiger partial charge in [0.15, 0.2) is 11.3 Å². The molecule has 0 aliphatic rings. The molecule has 0 amide bonds. The van der Waals surface area contributed by atoms with Crippen LogP contribution in [0.15, 0.2) is 243 Å². The van der Waals surface area contributed by atoms with E-state index < -0.39 is 0 Å². The smallest absolute Gasteiger partial charge is 0.165 e. The van der Waals surface area contributed by atoms with Crippen LogP contribution in [0.3, 0.4) is 0 Å². The molecular formula is C72H40N6. The highest BCUT2D eigenvalue weighted by molar-refractivity contribution is 6.34. The number of para-hydroxylation sites is 6. The van der Waals surface area contributed by atoms with Crippen LogP contribution < -0.4 is 0 Å². The van der Waals surface area contributed by atoms with Crippen molar-refractivity contribution in [1.29, 1.82) is 0 Å². The Labute approximate surface area is 443 Å². The van der Waals surface area contributed by atoms with Crippen molar-refractivity contribution >= 4 is 142 Å². The average Bonchev–Trinajstić information content (AvgIpc) is 3.85. The fraction of sp³-hybridized carbons (Fsp3) is 0. The van der Waals surface area contributed by atoms with Gasteiger partial charge in [0.1, 0.15) is 11.0 Å². The first-order valence-corrected chi connectivity index (χ1v) is 26.8. The van der Waals surface area contributed by atoms with Crippen molar-refractivity contribution < 1.29 is 0 Å². The van der Waals surface area contributed by atoms with Crippen molar-refractivity contribution in [3.8, 4) is 33.6 Å². The van der Waals surface area contributed by atoms with Gasteiger partial charge in [0.2, 0.25) is 0 Å². The van der Waals surface area contributed by atoms with Crippen molar-refractivity contribution in [3.05, 3.63) is 243 Å². The van der Waals surface area contributed by atoms with Gasteiger partial charge in [-0.15, -0.1) is 0 Å². The zero-order chi connectivity index (χ0) is 50.5. The minimum absolute atomic E-state index is 0.867. The van der Waals surface area contributed by atoms with Crippen molar-refractivity contribution in [3.63, 3.8) is 0 Å². The fourth-order valence-electron chi connectivity index (χ4n) is 14.2. The lowest BCUT2D eigenvalue weighted by atomic mass is 9.93. The van der Waals surface area contributed by atoms with Crippen LogP contribution in [-0.4, -0.2) is 27.9 Å². The van der Waals surface area contributed by atoms with Gasteiger partial charge in [0.25, 0.3) is 0 Å².